The standard InChI is InChI=1S/C18H32N4/c1-14(2)16(4)21-18(19-5)20-12-15(3)22(6)13-17-10-8-7-9-11-17/h7-11,14-16H,12-13H2,1-6H3,(H2,19,20,21). The monoisotopic (exact) mass is 304 g/mol. The molecular formula is C18H32N4. The summed E-state index contributed by atoms with van der Waals surface area (Å²) in [5.74, 6) is 1.46. The van der Waals surface area contributed by atoms with Crippen molar-refractivity contribution >= 4 is 5.96 Å². The average Bonchev–Trinajstić information content (AvgIpc) is 2.51. The van der Waals surface area contributed by atoms with Crippen molar-refractivity contribution in [1.29, 1.82) is 0 Å². The molecule has 0 aliphatic carbocycles. The van der Waals surface area contributed by atoms with E-state index in [1.54, 1.807) is 0 Å². The van der Waals surface area contributed by atoms with Gasteiger partial charge < -0.3 is 10.6 Å². The van der Waals surface area contributed by atoms with Crippen LogP contribution in [0, 0.1) is 5.92 Å². The quantitative estimate of drug-likeness (QED) is 0.601. The highest BCUT2D eigenvalue weighted by molar-refractivity contribution is 5.79. The summed E-state index contributed by atoms with van der Waals surface area (Å²) in [6.45, 7) is 10.7. The van der Waals surface area contributed by atoms with Gasteiger partial charge in [0.05, 0.1) is 0 Å². The lowest BCUT2D eigenvalue weighted by Gasteiger charge is -2.27. The minimum Gasteiger partial charge on any atom is -0.355 e. The first-order chi connectivity index (χ1) is 10.4. The Labute approximate surface area is 136 Å². The first-order valence-corrected chi connectivity index (χ1v) is 8.15. The van der Waals surface area contributed by atoms with Crippen molar-refractivity contribution in [1.82, 2.24) is 15.5 Å². The molecule has 2 unspecified atom stereocenters. The molecule has 0 aromatic heterocycles. The highest BCUT2D eigenvalue weighted by Gasteiger charge is 2.12. The minimum atomic E-state index is 0.406. The summed E-state index contributed by atoms with van der Waals surface area (Å²) < 4.78 is 0. The van der Waals surface area contributed by atoms with Crippen molar-refractivity contribution in [3.05, 3.63) is 35.9 Å². The van der Waals surface area contributed by atoms with E-state index in [0.29, 0.717) is 18.0 Å². The predicted octanol–water partition coefficient (Wildman–Crippen LogP) is 2.72. The Kier molecular flexibility index (Phi) is 7.96. The predicted molar refractivity (Wildman–Crippen MR) is 96.2 cm³/mol. The SMILES string of the molecule is CN=C(NCC(C)N(C)Cc1ccccc1)NC(C)C(C)C. The summed E-state index contributed by atoms with van der Waals surface area (Å²) in [5.41, 5.74) is 1.34. The van der Waals surface area contributed by atoms with Gasteiger partial charge in [0, 0.05) is 32.2 Å². The largest absolute Gasteiger partial charge is 0.355 e. The van der Waals surface area contributed by atoms with Crippen LogP contribution in [0.25, 0.3) is 0 Å². The molecule has 0 fully saturated rings. The molecule has 1 aromatic carbocycles. The maximum absolute atomic E-state index is 4.30. The molecule has 124 valence electrons. The average molecular weight is 304 g/mol. The van der Waals surface area contributed by atoms with E-state index < -0.39 is 0 Å². The zero-order valence-electron chi connectivity index (χ0n) is 14.9. The fourth-order valence-corrected chi connectivity index (χ4v) is 2.00. The number of rotatable bonds is 7. The van der Waals surface area contributed by atoms with Crippen LogP contribution >= 0.6 is 0 Å². The topological polar surface area (TPSA) is 39.7 Å². The summed E-state index contributed by atoms with van der Waals surface area (Å²) in [5, 5.41) is 6.85. The van der Waals surface area contributed by atoms with Gasteiger partial charge in [0.25, 0.3) is 0 Å². The van der Waals surface area contributed by atoms with Gasteiger partial charge in [-0.2, -0.15) is 0 Å². The van der Waals surface area contributed by atoms with E-state index in [0.717, 1.165) is 19.0 Å². The molecule has 2 N–H and O–H groups in total. The molecule has 2 atom stereocenters. The third kappa shape index (κ3) is 6.48. The van der Waals surface area contributed by atoms with Crippen LogP contribution in [0.15, 0.2) is 35.3 Å². The van der Waals surface area contributed by atoms with Gasteiger partial charge in [-0.1, -0.05) is 44.2 Å². The zero-order chi connectivity index (χ0) is 16.5. The Morgan fingerprint density at radius 3 is 2.32 bits per heavy atom. The molecule has 4 nitrogen and oxygen atoms in total. The Morgan fingerprint density at radius 2 is 1.77 bits per heavy atom. The molecule has 0 bridgehead atoms. The van der Waals surface area contributed by atoms with Gasteiger partial charge in [-0.3, -0.25) is 9.89 Å². The molecule has 0 amide bonds. The fraction of sp³-hybridized carbons (Fsp3) is 0.611. The van der Waals surface area contributed by atoms with E-state index in [-0.39, 0.29) is 0 Å². The maximum atomic E-state index is 4.30. The summed E-state index contributed by atoms with van der Waals surface area (Å²) in [6.07, 6.45) is 0. The van der Waals surface area contributed by atoms with E-state index in [1.165, 1.54) is 5.56 Å². The lowest BCUT2D eigenvalue weighted by Crippen LogP contribution is -2.48. The lowest BCUT2D eigenvalue weighted by molar-refractivity contribution is 0.249. The molecule has 0 spiro atoms. The van der Waals surface area contributed by atoms with Crippen LogP contribution < -0.4 is 10.6 Å². The number of nitrogens with one attached hydrogen (secondary N) is 2. The molecule has 1 aromatic rings. The van der Waals surface area contributed by atoms with Crippen molar-refractivity contribution in [3.63, 3.8) is 0 Å². The summed E-state index contributed by atoms with van der Waals surface area (Å²) >= 11 is 0. The summed E-state index contributed by atoms with van der Waals surface area (Å²) in [7, 11) is 3.98. The van der Waals surface area contributed by atoms with E-state index >= 15 is 0 Å². The van der Waals surface area contributed by atoms with Crippen LogP contribution in [0.3, 0.4) is 0 Å². The Balaban J connectivity index is 2.41. The lowest BCUT2D eigenvalue weighted by atomic mass is 10.1. The van der Waals surface area contributed by atoms with Crippen LogP contribution in [0.5, 0.6) is 0 Å². The molecule has 22 heavy (non-hydrogen) atoms. The Hall–Kier alpha value is -1.55. The number of hydrogen-bond donors (Lipinski definition) is 2. The second-order valence-electron chi connectivity index (χ2n) is 6.38. The highest BCUT2D eigenvalue weighted by Crippen LogP contribution is 2.05. The summed E-state index contributed by atoms with van der Waals surface area (Å²) in [4.78, 5) is 6.65. The number of benzene rings is 1. The van der Waals surface area contributed by atoms with Crippen LogP contribution in [0.2, 0.25) is 0 Å². The molecule has 0 saturated heterocycles. The third-order valence-electron chi connectivity index (χ3n) is 4.18. The number of hydrogen-bond acceptors (Lipinski definition) is 2. The van der Waals surface area contributed by atoms with Crippen LogP contribution in [0.4, 0.5) is 0 Å². The normalized spacial score (nSPS) is 15.0. The molecular weight excluding hydrogens is 272 g/mol. The number of nitrogens with zero attached hydrogens (tertiary/aromatic N) is 2. The highest BCUT2D eigenvalue weighted by atomic mass is 15.2. The zero-order valence-corrected chi connectivity index (χ0v) is 14.9. The molecule has 1 rings (SSSR count). The van der Waals surface area contributed by atoms with Crippen molar-refractivity contribution in [2.24, 2.45) is 10.9 Å². The first kappa shape index (κ1) is 18.5. The van der Waals surface area contributed by atoms with Gasteiger partial charge in [0.1, 0.15) is 0 Å². The molecule has 0 aliphatic heterocycles. The first-order valence-electron chi connectivity index (χ1n) is 8.15. The Bertz CT molecular complexity index is 442. The minimum absolute atomic E-state index is 0.406. The van der Waals surface area contributed by atoms with Crippen molar-refractivity contribution in [2.45, 2.75) is 46.3 Å². The number of likely N-dealkylation sites (N-methyl/N-ethyl adjacent to an activating group) is 1. The number of guanidine groups is 1. The van der Waals surface area contributed by atoms with Gasteiger partial charge in [0.2, 0.25) is 0 Å². The second-order valence-corrected chi connectivity index (χ2v) is 6.38. The van der Waals surface area contributed by atoms with Gasteiger partial charge in [-0.05, 0) is 32.4 Å². The van der Waals surface area contributed by atoms with Crippen molar-refractivity contribution in [3.8, 4) is 0 Å². The van der Waals surface area contributed by atoms with Gasteiger partial charge >= 0.3 is 0 Å². The number of aliphatic imine (C=N–C) groups is 1. The molecule has 0 saturated carbocycles. The van der Waals surface area contributed by atoms with Crippen molar-refractivity contribution < 1.29 is 0 Å². The van der Waals surface area contributed by atoms with E-state index in [4.69, 9.17) is 0 Å². The summed E-state index contributed by atoms with van der Waals surface area (Å²) in [6, 6.07) is 11.4. The smallest absolute Gasteiger partial charge is 0.191 e. The van der Waals surface area contributed by atoms with E-state index in [2.05, 4.69) is 85.6 Å². The molecule has 0 radical (unpaired) electrons. The van der Waals surface area contributed by atoms with Gasteiger partial charge in [0.15, 0.2) is 5.96 Å². The Morgan fingerprint density at radius 1 is 1.14 bits per heavy atom. The van der Waals surface area contributed by atoms with Gasteiger partial charge in [-0.25, -0.2) is 0 Å². The van der Waals surface area contributed by atoms with Gasteiger partial charge in [-0.15, -0.1) is 0 Å². The van der Waals surface area contributed by atoms with Crippen LogP contribution in [0.1, 0.15) is 33.3 Å². The maximum Gasteiger partial charge on any atom is 0.191 e. The molecule has 0 aliphatic rings. The molecule has 4 heteroatoms. The third-order valence-corrected chi connectivity index (χ3v) is 4.18. The fourth-order valence-electron chi connectivity index (χ4n) is 2.00. The van der Waals surface area contributed by atoms with E-state index in [1.807, 2.05) is 7.05 Å². The van der Waals surface area contributed by atoms with Crippen LogP contribution in [-0.4, -0.2) is 43.6 Å². The second kappa shape index (κ2) is 9.46. The van der Waals surface area contributed by atoms with E-state index in [9.17, 15) is 0 Å². The van der Waals surface area contributed by atoms with Crippen molar-refractivity contribution in [2.75, 3.05) is 20.6 Å². The molecule has 0 heterocycles. The van der Waals surface area contributed by atoms with Crippen LogP contribution in [-0.2, 0) is 6.54 Å².